The Morgan fingerprint density at radius 1 is 1.33 bits per heavy atom. The Kier molecular flexibility index (Phi) is 4.41. The van der Waals surface area contributed by atoms with Gasteiger partial charge < -0.3 is 10.4 Å². The van der Waals surface area contributed by atoms with Gasteiger partial charge in [0, 0.05) is 12.5 Å². The van der Waals surface area contributed by atoms with Crippen LogP contribution >= 0.6 is 11.3 Å². The van der Waals surface area contributed by atoms with Crippen LogP contribution < -0.4 is 5.32 Å². The smallest absolute Gasteiger partial charge is 0.416 e. The lowest BCUT2D eigenvalue weighted by Crippen LogP contribution is -2.08. The number of aromatic hydroxyl groups is 1. The lowest BCUT2D eigenvalue weighted by Gasteiger charge is -2.08. The van der Waals surface area contributed by atoms with Crippen LogP contribution in [-0.2, 0) is 12.6 Å². The number of aromatic nitrogens is 1. The molecule has 0 saturated heterocycles. The van der Waals surface area contributed by atoms with E-state index in [0.717, 1.165) is 12.1 Å². The third-order valence-electron chi connectivity index (χ3n) is 2.71. The molecule has 0 aliphatic heterocycles. The highest BCUT2D eigenvalue weighted by molar-refractivity contribution is 7.15. The van der Waals surface area contributed by atoms with Crippen molar-refractivity contribution in [2.45, 2.75) is 32.5 Å². The second-order valence-electron chi connectivity index (χ2n) is 4.94. The Labute approximate surface area is 124 Å². The van der Waals surface area contributed by atoms with Gasteiger partial charge in [-0.15, -0.1) is 0 Å². The molecule has 1 aromatic carbocycles. The van der Waals surface area contributed by atoms with Crippen molar-refractivity contribution in [2.75, 3.05) is 5.32 Å². The standard InChI is InChI=1S/C14H15F3N2OS/c1-8(2)18-13-19-12(20)11(21-13)7-9-4-3-5-10(6-9)14(15,16)17/h3-6,8,20H,7H2,1-2H3,(H,18,19). The van der Waals surface area contributed by atoms with Crippen LogP contribution in [0.1, 0.15) is 29.9 Å². The molecule has 2 rings (SSSR count). The van der Waals surface area contributed by atoms with Gasteiger partial charge in [0.1, 0.15) is 0 Å². The van der Waals surface area contributed by atoms with Gasteiger partial charge in [0.25, 0.3) is 0 Å². The van der Waals surface area contributed by atoms with E-state index in [2.05, 4.69) is 10.3 Å². The summed E-state index contributed by atoms with van der Waals surface area (Å²) < 4.78 is 38.0. The van der Waals surface area contributed by atoms with Crippen molar-refractivity contribution in [1.82, 2.24) is 4.98 Å². The number of hydrogen-bond acceptors (Lipinski definition) is 4. The molecule has 0 spiro atoms. The van der Waals surface area contributed by atoms with Crippen molar-refractivity contribution in [3.05, 3.63) is 40.3 Å². The number of thiazole rings is 1. The summed E-state index contributed by atoms with van der Waals surface area (Å²) in [6.07, 6.45) is -4.15. The lowest BCUT2D eigenvalue weighted by atomic mass is 10.1. The number of nitrogens with zero attached hydrogens (tertiary/aromatic N) is 1. The average Bonchev–Trinajstić information content (AvgIpc) is 2.68. The Morgan fingerprint density at radius 3 is 2.67 bits per heavy atom. The topological polar surface area (TPSA) is 45.2 Å². The van der Waals surface area contributed by atoms with E-state index < -0.39 is 11.7 Å². The first-order chi connectivity index (χ1) is 9.75. The first-order valence-corrected chi connectivity index (χ1v) is 7.18. The number of benzene rings is 1. The fourth-order valence-electron chi connectivity index (χ4n) is 1.81. The summed E-state index contributed by atoms with van der Waals surface area (Å²) in [5.41, 5.74) is -0.204. The largest absolute Gasteiger partial charge is 0.492 e. The zero-order chi connectivity index (χ0) is 15.6. The minimum atomic E-state index is -4.36. The minimum absolute atomic E-state index is 0.138. The van der Waals surface area contributed by atoms with Crippen LogP contribution in [-0.4, -0.2) is 16.1 Å². The van der Waals surface area contributed by atoms with Gasteiger partial charge in [-0.2, -0.15) is 18.2 Å². The molecule has 0 aliphatic rings. The molecule has 7 heteroatoms. The summed E-state index contributed by atoms with van der Waals surface area (Å²) in [4.78, 5) is 4.50. The van der Waals surface area contributed by atoms with Crippen LogP contribution in [0.15, 0.2) is 24.3 Å². The SMILES string of the molecule is CC(C)Nc1nc(O)c(Cc2cccc(C(F)(F)F)c2)s1. The molecule has 3 nitrogen and oxygen atoms in total. The minimum Gasteiger partial charge on any atom is -0.492 e. The monoisotopic (exact) mass is 316 g/mol. The predicted octanol–water partition coefficient (Wildman–Crippen LogP) is 4.28. The molecule has 2 N–H and O–H groups in total. The summed E-state index contributed by atoms with van der Waals surface area (Å²) in [6.45, 7) is 3.87. The second-order valence-corrected chi connectivity index (χ2v) is 6.02. The second kappa shape index (κ2) is 5.93. The summed E-state index contributed by atoms with van der Waals surface area (Å²) in [7, 11) is 0. The maximum atomic E-state index is 12.7. The number of rotatable bonds is 4. The number of nitrogens with one attached hydrogen (secondary N) is 1. The van der Waals surface area contributed by atoms with E-state index in [9.17, 15) is 18.3 Å². The zero-order valence-corrected chi connectivity index (χ0v) is 12.3. The highest BCUT2D eigenvalue weighted by Crippen LogP contribution is 2.33. The van der Waals surface area contributed by atoms with E-state index in [1.165, 1.54) is 17.4 Å². The highest BCUT2D eigenvalue weighted by Gasteiger charge is 2.30. The molecular formula is C14H15F3N2OS. The van der Waals surface area contributed by atoms with E-state index in [1.54, 1.807) is 6.07 Å². The summed E-state index contributed by atoms with van der Waals surface area (Å²) in [5.74, 6) is -0.138. The van der Waals surface area contributed by atoms with Crippen LogP contribution in [0.25, 0.3) is 0 Å². The van der Waals surface area contributed by atoms with E-state index in [4.69, 9.17) is 0 Å². The first kappa shape index (κ1) is 15.6. The molecule has 0 amide bonds. The molecular weight excluding hydrogens is 301 g/mol. The summed E-state index contributed by atoms with van der Waals surface area (Å²) >= 11 is 1.24. The van der Waals surface area contributed by atoms with Crippen LogP contribution in [0, 0.1) is 0 Å². The van der Waals surface area contributed by atoms with Crippen LogP contribution in [0.3, 0.4) is 0 Å². The van der Waals surface area contributed by atoms with Crippen molar-refractivity contribution in [2.24, 2.45) is 0 Å². The third-order valence-corrected chi connectivity index (χ3v) is 3.68. The van der Waals surface area contributed by atoms with Crippen LogP contribution in [0.4, 0.5) is 18.3 Å². The normalized spacial score (nSPS) is 11.9. The molecule has 0 bridgehead atoms. The molecule has 0 fully saturated rings. The molecule has 0 aliphatic carbocycles. The number of hydrogen-bond donors (Lipinski definition) is 2. The van der Waals surface area contributed by atoms with Gasteiger partial charge >= 0.3 is 6.18 Å². The Balaban J connectivity index is 2.20. The zero-order valence-electron chi connectivity index (χ0n) is 11.5. The van der Waals surface area contributed by atoms with Gasteiger partial charge in [0.05, 0.1) is 10.4 Å². The van der Waals surface area contributed by atoms with Gasteiger partial charge in [-0.05, 0) is 25.5 Å². The maximum Gasteiger partial charge on any atom is 0.416 e. The molecule has 1 aromatic heterocycles. The van der Waals surface area contributed by atoms with Crippen LogP contribution in [0.5, 0.6) is 5.88 Å². The predicted molar refractivity (Wildman–Crippen MR) is 76.8 cm³/mol. The Hall–Kier alpha value is -1.76. The number of alkyl halides is 3. The van der Waals surface area contributed by atoms with Gasteiger partial charge in [0.2, 0.25) is 5.88 Å². The summed E-state index contributed by atoms with van der Waals surface area (Å²) in [6, 6.07) is 5.25. The molecule has 0 saturated carbocycles. The van der Waals surface area contributed by atoms with E-state index in [1.807, 2.05) is 13.8 Å². The van der Waals surface area contributed by atoms with E-state index >= 15 is 0 Å². The van der Waals surface area contributed by atoms with Gasteiger partial charge in [-0.1, -0.05) is 29.5 Å². The van der Waals surface area contributed by atoms with Crippen molar-refractivity contribution < 1.29 is 18.3 Å². The molecule has 114 valence electrons. The van der Waals surface area contributed by atoms with E-state index in [0.29, 0.717) is 15.6 Å². The first-order valence-electron chi connectivity index (χ1n) is 6.37. The summed E-state index contributed by atoms with van der Waals surface area (Å²) in [5, 5.41) is 13.4. The molecule has 21 heavy (non-hydrogen) atoms. The average molecular weight is 316 g/mol. The van der Waals surface area contributed by atoms with Crippen molar-refractivity contribution >= 4 is 16.5 Å². The van der Waals surface area contributed by atoms with Gasteiger partial charge in [0.15, 0.2) is 5.13 Å². The van der Waals surface area contributed by atoms with E-state index in [-0.39, 0.29) is 18.3 Å². The molecule has 2 aromatic rings. The van der Waals surface area contributed by atoms with Crippen molar-refractivity contribution in [3.8, 4) is 5.88 Å². The quantitative estimate of drug-likeness (QED) is 0.885. The van der Waals surface area contributed by atoms with Crippen molar-refractivity contribution in [3.63, 3.8) is 0 Å². The van der Waals surface area contributed by atoms with Gasteiger partial charge in [-0.3, -0.25) is 0 Å². The maximum absolute atomic E-state index is 12.7. The Bertz CT molecular complexity index is 623. The van der Waals surface area contributed by atoms with Crippen molar-refractivity contribution in [1.29, 1.82) is 0 Å². The molecule has 0 radical (unpaired) electrons. The number of anilines is 1. The molecule has 0 unspecified atom stereocenters. The van der Waals surface area contributed by atoms with Gasteiger partial charge in [-0.25, -0.2) is 0 Å². The number of halogens is 3. The lowest BCUT2D eigenvalue weighted by molar-refractivity contribution is -0.137. The van der Waals surface area contributed by atoms with Crippen LogP contribution in [0.2, 0.25) is 0 Å². The Morgan fingerprint density at radius 2 is 2.05 bits per heavy atom. The third kappa shape index (κ3) is 4.10. The highest BCUT2D eigenvalue weighted by atomic mass is 32.1. The fourth-order valence-corrected chi connectivity index (χ4v) is 2.85. The molecule has 1 heterocycles. The fraction of sp³-hybridized carbons (Fsp3) is 0.357. The molecule has 0 atom stereocenters.